The first-order valence-electron chi connectivity index (χ1n) is 15.1. The number of imide groups is 1. The molecule has 3 amide bonds. The molecule has 3 aliphatic rings. The first kappa shape index (κ1) is 27.7. The molecule has 0 unspecified atom stereocenters. The van der Waals surface area contributed by atoms with E-state index in [2.05, 4.69) is 27.0 Å². The predicted octanol–water partition coefficient (Wildman–Crippen LogP) is 4.71. The molecule has 1 saturated carbocycles. The number of hydrogen-bond acceptors (Lipinski definition) is 6. The fourth-order valence-corrected chi connectivity index (χ4v) is 6.66. The van der Waals surface area contributed by atoms with E-state index in [4.69, 9.17) is 4.74 Å². The molecule has 41 heavy (non-hydrogen) atoms. The zero-order valence-corrected chi connectivity index (χ0v) is 24.4. The first-order valence-corrected chi connectivity index (χ1v) is 15.1. The SMILES string of the molecule is COc1cc(C)ccc1CN1C(=O)CCN(c2cnn3ccc(CN4CCN(CC5CCCCC5)CC4)cc23)C1=O. The van der Waals surface area contributed by atoms with Gasteiger partial charge in [0.25, 0.3) is 0 Å². The van der Waals surface area contributed by atoms with Crippen LogP contribution in [0.2, 0.25) is 0 Å². The van der Waals surface area contributed by atoms with Crippen molar-refractivity contribution < 1.29 is 14.3 Å². The predicted molar refractivity (Wildman–Crippen MR) is 159 cm³/mol. The number of pyridine rings is 1. The number of amides is 3. The van der Waals surface area contributed by atoms with Crippen molar-refractivity contribution in [1.29, 1.82) is 0 Å². The molecule has 1 aliphatic carbocycles. The second kappa shape index (κ2) is 12.2. The molecule has 9 heteroatoms. The minimum absolute atomic E-state index is 0.173. The van der Waals surface area contributed by atoms with Crippen molar-refractivity contribution in [1.82, 2.24) is 24.3 Å². The van der Waals surface area contributed by atoms with E-state index < -0.39 is 0 Å². The second-order valence-corrected chi connectivity index (χ2v) is 12.0. The Morgan fingerprint density at radius 3 is 2.49 bits per heavy atom. The van der Waals surface area contributed by atoms with Crippen molar-refractivity contribution in [2.45, 2.75) is 58.5 Å². The summed E-state index contributed by atoms with van der Waals surface area (Å²) in [6.07, 6.45) is 11.0. The van der Waals surface area contributed by atoms with Gasteiger partial charge in [-0.25, -0.2) is 9.31 Å². The van der Waals surface area contributed by atoms with Crippen LogP contribution in [-0.4, -0.2) is 82.6 Å². The van der Waals surface area contributed by atoms with E-state index in [9.17, 15) is 9.59 Å². The molecule has 6 rings (SSSR count). The van der Waals surface area contributed by atoms with Gasteiger partial charge in [0.05, 0.1) is 31.1 Å². The summed E-state index contributed by atoms with van der Waals surface area (Å²) < 4.78 is 7.34. The van der Waals surface area contributed by atoms with Crippen molar-refractivity contribution >= 4 is 23.1 Å². The number of aryl methyl sites for hydroxylation is 1. The number of anilines is 1. The Bertz CT molecular complexity index is 1390. The van der Waals surface area contributed by atoms with Crippen molar-refractivity contribution in [3.63, 3.8) is 0 Å². The van der Waals surface area contributed by atoms with Gasteiger partial charge in [0.1, 0.15) is 5.75 Å². The van der Waals surface area contributed by atoms with Crippen LogP contribution in [0.15, 0.2) is 42.7 Å². The summed E-state index contributed by atoms with van der Waals surface area (Å²) in [5.41, 5.74) is 4.70. The summed E-state index contributed by atoms with van der Waals surface area (Å²) >= 11 is 0. The largest absolute Gasteiger partial charge is 0.496 e. The molecule has 2 saturated heterocycles. The number of benzene rings is 1. The highest BCUT2D eigenvalue weighted by Crippen LogP contribution is 2.29. The van der Waals surface area contributed by atoms with Crippen molar-refractivity contribution in [3.8, 4) is 5.75 Å². The average molecular weight is 559 g/mol. The van der Waals surface area contributed by atoms with Gasteiger partial charge in [0.15, 0.2) is 0 Å². The van der Waals surface area contributed by atoms with E-state index in [-0.39, 0.29) is 24.9 Å². The third kappa shape index (κ3) is 6.11. The third-order valence-corrected chi connectivity index (χ3v) is 9.05. The molecule has 3 fully saturated rings. The van der Waals surface area contributed by atoms with E-state index in [1.54, 1.807) is 18.2 Å². The van der Waals surface area contributed by atoms with Crippen molar-refractivity contribution in [2.75, 3.05) is 51.3 Å². The number of rotatable bonds is 8. The number of hydrogen-bond donors (Lipinski definition) is 0. The molecule has 0 atom stereocenters. The van der Waals surface area contributed by atoms with Crippen LogP contribution in [0.3, 0.4) is 0 Å². The minimum atomic E-state index is -0.321. The standard InChI is InChI=1S/C32H42N6O3/c1-24-8-9-27(30(18-24)41-2)23-37-31(39)11-12-36(32(37)40)29-20-33-38-13-10-26(19-28(29)38)22-35-16-14-34(15-17-35)21-25-6-4-3-5-7-25/h8-10,13,18-20,25H,3-7,11-12,14-17,21-23H2,1-2H3. The fourth-order valence-electron chi connectivity index (χ4n) is 6.66. The van der Waals surface area contributed by atoms with Crippen molar-refractivity contribution in [3.05, 3.63) is 59.4 Å². The molecule has 1 aromatic carbocycles. The van der Waals surface area contributed by atoms with Gasteiger partial charge in [-0.15, -0.1) is 0 Å². The molecule has 2 aromatic heterocycles. The third-order valence-electron chi connectivity index (χ3n) is 9.05. The Kier molecular flexibility index (Phi) is 8.25. The van der Waals surface area contributed by atoms with Crippen LogP contribution >= 0.6 is 0 Å². The summed E-state index contributed by atoms with van der Waals surface area (Å²) in [4.78, 5) is 34.7. The molecule has 0 spiro atoms. The zero-order valence-electron chi connectivity index (χ0n) is 24.4. The van der Waals surface area contributed by atoms with Crippen LogP contribution in [0.25, 0.3) is 5.52 Å². The molecule has 0 bridgehead atoms. The normalized spacial score (nSPS) is 19.9. The van der Waals surface area contributed by atoms with Crippen LogP contribution < -0.4 is 9.64 Å². The molecule has 3 aromatic rings. The Morgan fingerprint density at radius 2 is 1.71 bits per heavy atom. The number of carbonyl (C=O) groups is 2. The Hall–Kier alpha value is -3.43. The maximum absolute atomic E-state index is 13.7. The van der Waals surface area contributed by atoms with Crippen LogP contribution in [0.1, 0.15) is 55.2 Å². The van der Waals surface area contributed by atoms with Gasteiger partial charge in [-0.1, -0.05) is 31.4 Å². The number of carbonyl (C=O) groups excluding carboxylic acids is 2. The lowest BCUT2D eigenvalue weighted by molar-refractivity contribution is -0.129. The molecule has 2 aliphatic heterocycles. The van der Waals surface area contributed by atoms with Gasteiger partial charge in [-0.2, -0.15) is 5.10 Å². The maximum atomic E-state index is 13.7. The molecular formula is C32H42N6O3. The highest BCUT2D eigenvalue weighted by Gasteiger charge is 2.35. The van der Waals surface area contributed by atoms with Crippen molar-refractivity contribution in [2.24, 2.45) is 5.92 Å². The summed E-state index contributed by atoms with van der Waals surface area (Å²) in [6, 6.07) is 9.76. The molecule has 4 heterocycles. The highest BCUT2D eigenvalue weighted by atomic mass is 16.5. The monoisotopic (exact) mass is 558 g/mol. The fraction of sp³-hybridized carbons (Fsp3) is 0.531. The maximum Gasteiger partial charge on any atom is 0.331 e. The van der Waals surface area contributed by atoms with Crippen LogP contribution in [0, 0.1) is 12.8 Å². The highest BCUT2D eigenvalue weighted by molar-refractivity contribution is 6.07. The molecule has 218 valence electrons. The van der Waals surface area contributed by atoms with Gasteiger partial charge in [0, 0.05) is 64.0 Å². The molecular weight excluding hydrogens is 516 g/mol. The van der Waals surface area contributed by atoms with Gasteiger partial charge in [-0.05, 0) is 55.0 Å². The number of ether oxygens (including phenoxy) is 1. The quantitative estimate of drug-likeness (QED) is 0.399. The number of fused-ring (bicyclic) bond motifs is 1. The average Bonchev–Trinajstić information content (AvgIpc) is 3.40. The number of aromatic nitrogens is 2. The lowest BCUT2D eigenvalue weighted by Gasteiger charge is -2.37. The van der Waals surface area contributed by atoms with E-state index in [1.807, 2.05) is 35.8 Å². The van der Waals surface area contributed by atoms with Crippen LogP contribution in [-0.2, 0) is 17.9 Å². The number of nitrogens with zero attached hydrogens (tertiary/aromatic N) is 6. The topological polar surface area (TPSA) is 73.6 Å². The Labute approximate surface area is 242 Å². The Balaban J connectivity index is 1.13. The number of piperazine rings is 1. The lowest BCUT2D eigenvalue weighted by atomic mass is 9.89. The van der Waals surface area contributed by atoms with Gasteiger partial charge >= 0.3 is 6.03 Å². The van der Waals surface area contributed by atoms with Gasteiger partial charge in [0.2, 0.25) is 5.91 Å². The Morgan fingerprint density at radius 1 is 0.927 bits per heavy atom. The summed E-state index contributed by atoms with van der Waals surface area (Å²) in [6.45, 7) is 9.07. The van der Waals surface area contributed by atoms with E-state index in [0.29, 0.717) is 12.3 Å². The van der Waals surface area contributed by atoms with E-state index >= 15 is 0 Å². The first-order chi connectivity index (χ1) is 20.0. The molecule has 0 radical (unpaired) electrons. The van der Waals surface area contributed by atoms with Gasteiger partial charge < -0.3 is 9.64 Å². The smallest absolute Gasteiger partial charge is 0.331 e. The number of urea groups is 1. The van der Waals surface area contributed by atoms with E-state index in [0.717, 1.165) is 61.0 Å². The summed E-state index contributed by atoms with van der Waals surface area (Å²) in [7, 11) is 1.61. The molecule has 0 N–H and O–H groups in total. The van der Waals surface area contributed by atoms with Crippen LogP contribution in [0.4, 0.5) is 10.5 Å². The minimum Gasteiger partial charge on any atom is -0.496 e. The second-order valence-electron chi connectivity index (χ2n) is 12.0. The zero-order chi connectivity index (χ0) is 28.3. The number of methoxy groups -OCH3 is 1. The molecule has 9 nitrogen and oxygen atoms in total. The van der Waals surface area contributed by atoms with Gasteiger partial charge in [-0.3, -0.25) is 19.5 Å². The van der Waals surface area contributed by atoms with Crippen LogP contribution in [0.5, 0.6) is 5.75 Å². The summed E-state index contributed by atoms with van der Waals surface area (Å²) in [5, 5.41) is 4.53. The lowest BCUT2D eigenvalue weighted by Crippen LogP contribution is -2.52. The van der Waals surface area contributed by atoms with E-state index in [1.165, 1.54) is 49.1 Å². The summed E-state index contributed by atoms with van der Waals surface area (Å²) in [5.74, 6) is 1.40.